The number of hydrogen-bond donors (Lipinski definition) is 1. The molecule has 0 saturated carbocycles. The van der Waals surface area contributed by atoms with Crippen LogP contribution in [-0.2, 0) is 0 Å². The van der Waals surface area contributed by atoms with Gasteiger partial charge in [0.1, 0.15) is 0 Å². The van der Waals surface area contributed by atoms with Crippen molar-refractivity contribution in [3.05, 3.63) is 90.0 Å². The molecule has 0 bridgehead atoms. The molecule has 4 rings (SSSR count). The molecule has 3 aromatic carbocycles. The van der Waals surface area contributed by atoms with Crippen LogP contribution in [0.15, 0.2) is 83.8 Å². The molecule has 2 nitrogen and oxygen atoms in total. The van der Waals surface area contributed by atoms with E-state index < -0.39 is 0 Å². The monoisotopic (exact) mass is 356 g/mol. The molecule has 0 saturated heterocycles. The fraction of sp³-hybridized carbons (Fsp3) is 0.0870. The molecule has 0 atom stereocenters. The summed E-state index contributed by atoms with van der Waals surface area (Å²) in [6.07, 6.45) is 0. The van der Waals surface area contributed by atoms with Gasteiger partial charge >= 0.3 is 0 Å². The second-order valence-corrected chi connectivity index (χ2v) is 7.09. The molecule has 0 aliphatic heterocycles. The lowest BCUT2D eigenvalue weighted by atomic mass is 10.1. The lowest BCUT2D eigenvalue weighted by Gasteiger charge is -2.08. The molecule has 0 fully saturated rings. The van der Waals surface area contributed by atoms with E-state index in [0.29, 0.717) is 0 Å². The Morgan fingerprint density at radius 2 is 1.23 bits per heavy atom. The molecule has 4 aromatic rings. The van der Waals surface area contributed by atoms with Gasteiger partial charge in [-0.15, -0.1) is 12.6 Å². The highest BCUT2D eigenvalue weighted by Crippen LogP contribution is 2.29. The van der Waals surface area contributed by atoms with E-state index in [9.17, 15) is 0 Å². The first-order valence-electron chi connectivity index (χ1n) is 8.64. The molecule has 0 aliphatic rings. The van der Waals surface area contributed by atoms with E-state index in [1.54, 1.807) is 0 Å². The zero-order valence-electron chi connectivity index (χ0n) is 14.8. The first kappa shape index (κ1) is 16.7. The molecule has 0 aliphatic carbocycles. The third kappa shape index (κ3) is 3.31. The molecular weight excluding hydrogens is 336 g/mol. The van der Waals surface area contributed by atoms with Crippen LogP contribution >= 0.6 is 12.6 Å². The molecule has 0 spiro atoms. The maximum absolute atomic E-state index is 4.90. The number of aryl methyl sites for hydroxylation is 2. The minimum atomic E-state index is 0.941. The van der Waals surface area contributed by atoms with E-state index in [0.717, 1.165) is 33.1 Å². The Bertz CT molecular complexity index is 964. The molecular formula is C23H20N2S. The minimum absolute atomic E-state index is 0.941. The average molecular weight is 356 g/mol. The maximum atomic E-state index is 4.90. The number of thiol groups is 1. The lowest BCUT2D eigenvalue weighted by molar-refractivity contribution is 0.890. The first-order chi connectivity index (χ1) is 12.6. The summed E-state index contributed by atoms with van der Waals surface area (Å²) in [6.45, 7) is 4.20. The van der Waals surface area contributed by atoms with Crippen molar-refractivity contribution in [3.8, 4) is 28.2 Å². The molecule has 1 aromatic heterocycles. The smallest absolute Gasteiger partial charge is 0.0934 e. The molecule has 0 N–H and O–H groups in total. The van der Waals surface area contributed by atoms with Crippen molar-refractivity contribution in [1.82, 2.24) is 9.78 Å². The van der Waals surface area contributed by atoms with Gasteiger partial charge in [-0.05, 0) is 44.2 Å². The molecule has 26 heavy (non-hydrogen) atoms. The van der Waals surface area contributed by atoms with Crippen molar-refractivity contribution in [2.45, 2.75) is 18.7 Å². The van der Waals surface area contributed by atoms with Gasteiger partial charge in [0.05, 0.1) is 17.1 Å². The van der Waals surface area contributed by atoms with Crippen molar-refractivity contribution in [1.29, 1.82) is 0 Å². The number of hydrogen-bond acceptors (Lipinski definition) is 2. The topological polar surface area (TPSA) is 17.8 Å². The summed E-state index contributed by atoms with van der Waals surface area (Å²) in [7, 11) is 0. The van der Waals surface area contributed by atoms with Gasteiger partial charge in [0.2, 0.25) is 0 Å². The van der Waals surface area contributed by atoms with Gasteiger partial charge in [0, 0.05) is 16.0 Å². The first-order valence-corrected chi connectivity index (χ1v) is 9.08. The Hall–Kier alpha value is -2.78. The highest BCUT2D eigenvalue weighted by atomic mass is 32.1. The Morgan fingerprint density at radius 1 is 0.692 bits per heavy atom. The molecule has 0 unspecified atom stereocenters. The number of benzene rings is 3. The molecule has 128 valence electrons. The maximum Gasteiger partial charge on any atom is 0.0934 e. The summed E-state index contributed by atoms with van der Waals surface area (Å²) in [5, 5.41) is 4.90. The van der Waals surface area contributed by atoms with Crippen molar-refractivity contribution in [2.24, 2.45) is 0 Å². The van der Waals surface area contributed by atoms with Gasteiger partial charge in [0.15, 0.2) is 0 Å². The van der Waals surface area contributed by atoms with Crippen LogP contribution in [0, 0.1) is 13.8 Å². The number of aromatic nitrogens is 2. The van der Waals surface area contributed by atoms with E-state index in [-0.39, 0.29) is 0 Å². The second-order valence-electron chi connectivity index (χ2n) is 6.58. The third-order valence-corrected chi connectivity index (χ3v) is 4.80. The van der Waals surface area contributed by atoms with E-state index in [2.05, 4.69) is 81.1 Å². The quantitative estimate of drug-likeness (QED) is 0.438. The van der Waals surface area contributed by atoms with Gasteiger partial charge < -0.3 is 0 Å². The Balaban J connectivity index is 1.88. The predicted octanol–water partition coefficient (Wildman–Crippen LogP) is 6.11. The summed E-state index contributed by atoms with van der Waals surface area (Å²) < 4.78 is 2.01. The van der Waals surface area contributed by atoms with Crippen LogP contribution in [0.4, 0.5) is 0 Å². The molecule has 1 heterocycles. The minimum Gasteiger partial charge on any atom is -0.232 e. The average Bonchev–Trinajstić information content (AvgIpc) is 3.09. The molecule has 0 radical (unpaired) electrons. The normalized spacial score (nSPS) is 10.9. The van der Waals surface area contributed by atoms with Crippen LogP contribution < -0.4 is 0 Å². The van der Waals surface area contributed by atoms with E-state index >= 15 is 0 Å². The third-order valence-electron chi connectivity index (χ3n) is 4.50. The van der Waals surface area contributed by atoms with Crippen molar-refractivity contribution in [3.63, 3.8) is 0 Å². The van der Waals surface area contributed by atoms with Gasteiger partial charge in [-0.25, -0.2) is 4.68 Å². The van der Waals surface area contributed by atoms with Crippen LogP contribution in [0.1, 0.15) is 11.1 Å². The largest absolute Gasteiger partial charge is 0.232 e. The second kappa shape index (κ2) is 6.85. The van der Waals surface area contributed by atoms with Crippen LogP contribution in [0.25, 0.3) is 28.2 Å². The molecule has 0 amide bonds. The summed E-state index contributed by atoms with van der Waals surface area (Å²) in [6, 6.07) is 27.3. The Morgan fingerprint density at radius 3 is 1.81 bits per heavy atom. The highest BCUT2D eigenvalue weighted by Gasteiger charge is 2.13. The molecule has 3 heteroatoms. The SMILES string of the molecule is Cc1ccc(-c2cc(-c3ccc(C)cc3)n(-c3ccc(S)cc3)n2)cc1. The summed E-state index contributed by atoms with van der Waals surface area (Å²) in [5.74, 6) is 0. The highest BCUT2D eigenvalue weighted by molar-refractivity contribution is 7.80. The van der Waals surface area contributed by atoms with Gasteiger partial charge in [-0.3, -0.25) is 0 Å². The van der Waals surface area contributed by atoms with E-state index in [1.807, 2.05) is 28.9 Å². The van der Waals surface area contributed by atoms with Gasteiger partial charge in [0.25, 0.3) is 0 Å². The lowest BCUT2D eigenvalue weighted by Crippen LogP contribution is -1.99. The zero-order valence-corrected chi connectivity index (χ0v) is 15.7. The van der Waals surface area contributed by atoms with Gasteiger partial charge in [-0.2, -0.15) is 5.10 Å². The fourth-order valence-electron chi connectivity index (χ4n) is 2.97. The van der Waals surface area contributed by atoms with Crippen molar-refractivity contribution in [2.75, 3.05) is 0 Å². The number of rotatable bonds is 3. The van der Waals surface area contributed by atoms with Crippen LogP contribution in [-0.4, -0.2) is 9.78 Å². The Kier molecular flexibility index (Phi) is 4.39. The van der Waals surface area contributed by atoms with Crippen molar-refractivity contribution < 1.29 is 0 Å². The predicted molar refractivity (Wildman–Crippen MR) is 111 cm³/mol. The Labute approximate surface area is 159 Å². The van der Waals surface area contributed by atoms with Crippen LogP contribution in [0.5, 0.6) is 0 Å². The summed E-state index contributed by atoms with van der Waals surface area (Å²) in [4.78, 5) is 0.941. The number of nitrogens with zero attached hydrogens (tertiary/aromatic N) is 2. The summed E-state index contributed by atoms with van der Waals surface area (Å²) >= 11 is 4.39. The van der Waals surface area contributed by atoms with Crippen LogP contribution in [0.3, 0.4) is 0 Å². The zero-order chi connectivity index (χ0) is 18.1. The summed E-state index contributed by atoms with van der Waals surface area (Å²) in [5.41, 5.74) is 7.83. The van der Waals surface area contributed by atoms with E-state index in [1.165, 1.54) is 11.1 Å². The van der Waals surface area contributed by atoms with E-state index in [4.69, 9.17) is 5.10 Å². The van der Waals surface area contributed by atoms with Crippen LogP contribution in [0.2, 0.25) is 0 Å². The van der Waals surface area contributed by atoms with Gasteiger partial charge in [-0.1, -0.05) is 59.7 Å². The van der Waals surface area contributed by atoms with Crippen molar-refractivity contribution >= 4 is 12.6 Å². The fourth-order valence-corrected chi connectivity index (χ4v) is 3.12. The standard InChI is InChI=1S/C23H20N2S/c1-16-3-7-18(8-4-16)22-15-23(19-9-5-17(2)6-10-19)25(24-22)20-11-13-21(26)14-12-20/h3-15,26H,1-2H3.